The zero-order chi connectivity index (χ0) is 14.8. The molecule has 1 atom stereocenters. The van der Waals surface area contributed by atoms with E-state index in [4.69, 9.17) is 16.3 Å². The van der Waals surface area contributed by atoms with Crippen molar-refractivity contribution < 1.29 is 9.84 Å². The van der Waals surface area contributed by atoms with E-state index in [0.29, 0.717) is 17.2 Å². The second kappa shape index (κ2) is 6.06. The molecule has 0 saturated heterocycles. The third kappa shape index (κ3) is 2.91. The summed E-state index contributed by atoms with van der Waals surface area (Å²) in [5, 5.41) is 14.4. The third-order valence-electron chi connectivity index (χ3n) is 3.53. The van der Waals surface area contributed by atoms with Gasteiger partial charge >= 0.3 is 0 Å². The minimum atomic E-state index is -0.616. The van der Waals surface area contributed by atoms with Crippen LogP contribution in [0.5, 0.6) is 5.75 Å². The lowest BCUT2D eigenvalue weighted by Gasteiger charge is -2.15. The van der Waals surface area contributed by atoms with Gasteiger partial charge in [-0.05, 0) is 34.5 Å². The summed E-state index contributed by atoms with van der Waals surface area (Å²) in [5.74, 6) is 0.620. The van der Waals surface area contributed by atoms with Crippen molar-refractivity contribution in [1.29, 1.82) is 0 Å². The fourth-order valence-electron chi connectivity index (χ4n) is 2.47. The Kier molecular flexibility index (Phi) is 4.15. The molecular formula is C17H15ClO2S. The van der Waals surface area contributed by atoms with Gasteiger partial charge in [0.05, 0.1) is 13.2 Å². The molecule has 0 aliphatic rings. The van der Waals surface area contributed by atoms with E-state index < -0.39 is 6.10 Å². The molecule has 4 heteroatoms. The summed E-state index contributed by atoms with van der Waals surface area (Å²) in [5.41, 5.74) is 1.91. The van der Waals surface area contributed by atoms with E-state index in [-0.39, 0.29) is 0 Å². The van der Waals surface area contributed by atoms with Crippen molar-refractivity contribution in [2.24, 2.45) is 0 Å². The van der Waals surface area contributed by atoms with Gasteiger partial charge < -0.3 is 9.84 Å². The number of hydrogen-bond donors (Lipinski definition) is 1. The Bertz CT molecular complexity index is 766. The Hall–Kier alpha value is -1.55. The Labute approximate surface area is 132 Å². The molecule has 1 aromatic heterocycles. The normalized spacial score (nSPS) is 12.5. The second-order valence-electron chi connectivity index (χ2n) is 4.86. The van der Waals surface area contributed by atoms with Gasteiger partial charge in [0.2, 0.25) is 0 Å². The lowest BCUT2D eigenvalue weighted by atomic mass is 10.0. The van der Waals surface area contributed by atoms with Gasteiger partial charge in [-0.3, -0.25) is 0 Å². The Balaban J connectivity index is 1.91. The third-order valence-corrected chi connectivity index (χ3v) is 4.78. The standard InChI is InChI=1S/C17H15ClO2S/c1-20-16-9-12(18)6-7-14(16)15(19)8-11-10-21-17-5-3-2-4-13(11)17/h2-7,9-10,15,19H,8H2,1H3. The fourth-order valence-corrected chi connectivity index (χ4v) is 3.61. The lowest BCUT2D eigenvalue weighted by molar-refractivity contribution is 0.174. The molecule has 2 nitrogen and oxygen atoms in total. The van der Waals surface area contributed by atoms with Crippen LogP contribution >= 0.6 is 22.9 Å². The molecule has 0 spiro atoms. The van der Waals surface area contributed by atoms with Crippen LogP contribution < -0.4 is 4.74 Å². The molecule has 1 N–H and O–H groups in total. The van der Waals surface area contributed by atoms with Gasteiger partial charge in [0.25, 0.3) is 0 Å². The van der Waals surface area contributed by atoms with Gasteiger partial charge in [-0.25, -0.2) is 0 Å². The van der Waals surface area contributed by atoms with Gasteiger partial charge in [-0.15, -0.1) is 11.3 Å². The first-order valence-corrected chi connectivity index (χ1v) is 7.91. The number of thiophene rings is 1. The number of ether oxygens (including phenoxy) is 1. The molecule has 0 aliphatic carbocycles. The van der Waals surface area contributed by atoms with Crippen molar-refractivity contribution in [2.75, 3.05) is 7.11 Å². The van der Waals surface area contributed by atoms with Crippen LogP contribution in [0.15, 0.2) is 47.8 Å². The van der Waals surface area contributed by atoms with E-state index in [9.17, 15) is 5.11 Å². The van der Waals surface area contributed by atoms with E-state index in [2.05, 4.69) is 17.5 Å². The molecule has 21 heavy (non-hydrogen) atoms. The number of aliphatic hydroxyl groups is 1. The molecule has 2 aromatic carbocycles. The summed E-state index contributed by atoms with van der Waals surface area (Å²) >= 11 is 7.66. The van der Waals surface area contributed by atoms with Crippen molar-refractivity contribution in [2.45, 2.75) is 12.5 Å². The van der Waals surface area contributed by atoms with Crippen LogP contribution in [0.3, 0.4) is 0 Å². The molecule has 0 radical (unpaired) electrons. The predicted molar refractivity (Wildman–Crippen MR) is 88.5 cm³/mol. The van der Waals surface area contributed by atoms with E-state index in [1.807, 2.05) is 18.2 Å². The Morgan fingerprint density at radius 1 is 1.24 bits per heavy atom. The molecule has 0 saturated carbocycles. The highest BCUT2D eigenvalue weighted by molar-refractivity contribution is 7.17. The highest BCUT2D eigenvalue weighted by Gasteiger charge is 2.16. The smallest absolute Gasteiger partial charge is 0.126 e. The fraction of sp³-hybridized carbons (Fsp3) is 0.176. The molecule has 3 aromatic rings. The zero-order valence-electron chi connectivity index (χ0n) is 11.5. The van der Waals surface area contributed by atoms with Crippen LogP contribution in [0.25, 0.3) is 10.1 Å². The number of benzene rings is 2. The van der Waals surface area contributed by atoms with Crippen LogP contribution in [0, 0.1) is 0 Å². The van der Waals surface area contributed by atoms with E-state index in [1.54, 1.807) is 30.6 Å². The summed E-state index contributed by atoms with van der Waals surface area (Å²) in [7, 11) is 1.59. The molecule has 108 valence electrons. The maximum Gasteiger partial charge on any atom is 0.126 e. The first-order valence-electron chi connectivity index (χ1n) is 6.65. The molecule has 1 heterocycles. The van der Waals surface area contributed by atoms with Crippen LogP contribution in [0.1, 0.15) is 17.2 Å². The first kappa shape index (κ1) is 14.4. The average Bonchev–Trinajstić information content (AvgIpc) is 2.90. The van der Waals surface area contributed by atoms with Gasteiger partial charge in [-0.1, -0.05) is 35.9 Å². The molecular weight excluding hydrogens is 304 g/mol. The maximum atomic E-state index is 10.5. The molecule has 0 aliphatic heterocycles. The maximum absolute atomic E-state index is 10.5. The van der Waals surface area contributed by atoms with Gasteiger partial charge in [0.1, 0.15) is 5.75 Å². The minimum absolute atomic E-state index is 0.558. The monoisotopic (exact) mass is 318 g/mol. The summed E-state index contributed by atoms with van der Waals surface area (Å²) in [6.45, 7) is 0. The van der Waals surface area contributed by atoms with Gasteiger partial charge in [-0.2, -0.15) is 0 Å². The summed E-state index contributed by atoms with van der Waals surface area (Å²) in [6.07, 6.45) is -0.0580. The highest BCUT2D eigenvalue weighted by Crippen LogP contribution is 2.33. The van der Waals surface area contributed by atoms with Crippen molar-refractivity contribution >= 4 is 33.0 Å². The van der Waals surface area contributed by atoms with E-state index in [0.717, 1.165) is 11.1 Å². The molecule has 0 amide bonds. The number of rotatable bonds is 4. The SMILES string of the molecule is COc1cc(Cl)ccc1C(O)Cc1csc2ccccc12. The topological polar surface area (TPSA) is 29.5 Å². The highest BCUT2D eigenvalue weighted by atomic mass is 35.5. The van der Waals surface area contributed by atoms with Crippen molar-refractivity contribution in [3.05, 3.63) is 64.0 Å². The van der Waals surface area contributed by atoms with Crippen LogP contribution in [-0.4, -0.2) is 12.2 Å². The minimum Gasteiger partial charge on any atom is -0.496 e. The summed E-state index contributed by atoms with van der Waals surface area (Å²) < 4.78 is 6.55. The second-order valence-corrected chi connectivity index (χ2v) is 6.21. The number of halogens is 1. The van der Waals surface area contributed by atoms with Crippen molar-refractivity contribution in [3.63, 3.8) is 0 Å². The Morgan fingerprint density at radius 2 is 2.05 bits per heavy atom. The molecule has 0 bridgehead atoms. The van der Waals surface area contributed by atoms with Gasteiger partial charge in [0, 0.05) is 21.7 Å². The first-order chi connectivity index (χ1) is 10.2. The van der Waals surface area contributed by atoms with Crippen molar-refractivity contribution in [1.82, 2.24) is 0 Å². The van der Waals surface area contributed by atoms with Crippen LogP contribution in [-0.2, 0) is 6.42 Å². The Morgan fingerprint density at radius 3 is 2.86 bits per heavy atom. The lowest BCUT2D eigenvalue weighted by Crippen LogP contribution is -2.03. The molecule has 0 fully saturated rings. The number of fused-ring (bicyclic) bond motifs is 1. The van der Waals surface area contributed by atoms with E-state index >= 15 is 0 Å². The number of aliphatic hydroxyl groups excluding tert-OH is 1. The zero-order valence-corrected chi connectivity index (χ0v) is 13.1. The number of hydrogen-bond acceptors (Lipinski definition) is 3. The van der Waals surface area contributed by atoms with Gasteiger partial charge in [0.15, 0.2) is 0 Å². The number of methoxy groups -OCH3 is 1. The predicted octanol–water partition coefficient (Wildman–Crippen LogP) is 4.84. The summed E-state index contributed by atoms with van der Waals surface area (Å²) in [6, 6.07) is 13.6. The van der Waals surface area contributed by atoms with Crippen molar-refractivity contribution in [3.8, 4) is 5.75 Å². The summed E-state index contributed by atoms with van der Waals surface area (Å²) in [4.78, 5) is 0. The average molecular weight is 319 g/mol. The largest absolute Gasteiger partial charge is 0.496 e. The van der Waals surface area contributed by atoms with Crippen LogP contribution in [0.2, 0.25) is 5.02 Å². The molecule has 3 rings (SSSR count). The van der Waals surface area contributed by atoms with Crippen LogP contribution in [0.4, 0.5) is 0 Å². The quantitative estimate of drug-likeness (QED) is 0.746. The molecule has 1 unspecified atom stereocenters. The van der Waals surface area contributed by atoms with E-state index in [1.165, 1.54) is 10.1 Å².